The second-order valence-electron chi connectivity index (χ2n) is 5.65. The molecule has 1 saturated carbocycles. The van der Waals surface area contributed by atoms with E-state index in [1.54, 1.807) is 0 Å². The Bertz CT molecular complexity index is 314. The van der Waals surface area contributed by atoms with Crippen LogP contribution in [0.15, 0.2) is 0 Å². The summed E-state index contributed by atoms with van der Waals surface area (Å²) in [6.07, 6.45) is -1.06. The van der Waals surface area contributed by atoms with E-state index in [2.05, 4.69) is 10.6 Å². The highest BCUT2D eigenvalue weighted by Crippen LogP contribution is 2.39. The molecule has 2 rings (SSSR count). The number of carbonyl (C=O) groups is 1. The second-order valence-corrected chi connectivity index (χ2v) is 5.65. The molecule has 1 aliphatic carbocycles. The molecule has 0 bridgehead atoms. The number of nitrogens with one attached hydrogen (secondary N) is 2. The molecule has 2 fully saturated rings. The van der Waals surface area contributed by atoms with Gasteiger partial charge in [-0.1, -0.05) is 6.42 Å². The fourth-order valence-electron chi connectivity index (χ4n) is 3.02. The minimum absolute atomic E-state index is 0.0461. The molecule has 0 spiro atoms. The molecule has 6 heteroatoms. The molecule has 3 unspecified atom stereocenters. The molecule has 2 aliphatic rings. The van der Waals surface area contributed by atoms with Gasteiger partial charge in [0.05, 0.1) is 5.92 Å². The summed E-state index contributed by atoms with van der Waals surface area (Å²) in [5.41, 5.74) is 0. The van der Waals surface area contributed by atoms with E-state index in [9.17, 15) is 18.0 Å². The van der Waals surface area contributed by atoms with Crippen molar-refractivity contribution in [2.24, 2.45) is 11.8 Å². The zero-order valence-corrected chi connectivity index (χ0v) is 10.9. The Labute approximate surface area is 111 Å². The Morgan fingerprint density at radius 2 is 1.95 bits per heavy atom. The molecule has 1 heterocycles. The summed E-state index contributed by atoms with van der Waals surface area (Å²) in [6, 6.07) is 0.0764. The van der Waals surface area contributed by atoms with Gasteiger partial charge in [0.1, 0.15) is 0 Å². The maximum absolute atomic E-state index is 12.7. The zero-order chi connectivity index (χ0) is 13.9. The van der Waals surface area contributed by atoms with Crippen LogP contribution in [-0.4, -0.2) is 31.2 Å². The normalized spacial score (nSPS) is 32.9. The van der Waals surface area contributed by atoms with Crippen LogP contribution in [0.2, 0.25) is 0 Å². The van der Waals surface area contributed by atoms with Gasteiger partial charge in [-0.2, -0.15) is 13.2 Å². The van der Waals surface area contributed by atoms with Crippen LogP contribution in [0.25, 0.3) is 0 Å². The molecule has 1 aliphatic heterocycles. The van der Waals surface area contributed by atoms with Crippen molar-refractivity contribution in [1.29, 1.82) is 0 Å². The number of hydrogen-bond donors (Lipinski definition) is 2. The molecule has 0 radical (unpaired) electrons. The quantitative estimate of drug-likeness (QED) is 0.813. The van der Waals surface area contributed by atoms with Crippen molar-refractivity contribution >= 4 is 5.91 Å². The fraction of sp³-hybridized carbons (Fsp3) is 0.923. The maximum atomic E-state index is 12.7. The van der Waals surface area contributed by atoms with E-state index in [0.29, 0.717) is 12.8 Å². The average molecular weight is 278 g/mol. The van der Waals surface area contributed by atoms with Crippen LogP contribution in [0.4, 0.5) is 13.2 Å². The van der Waals surface area contributed by atoms with Crippen LogP contribution in [0.1, 0.15) is 38.5 Å². The highest BCUT2D eigenvalue weighted by Gasteiger charge is 2.43. The van der Waals surface area contributed by atoms with Gasteiger partial charge in [0.25, 0.3) is 0 Å². The van der Waals surface area contributed by atoms with Crippen LogP contribution in [0.3, 0.4) is 0 Å². The minimum atomic E-state index is -4.16. The highest BCUT2D eigenvalue weighted by molar-refractivity contribution is 5.79. The summed E-state index contributed by atoms with van der Waals surface area (Å²) in [6.45, 7) is 1.67. The van der Waals surface area contributed by atoms with E-state index in [0.717, 1.165) is 25.9 Å². The SMILES string of the molecule is O=C(NC1CCCNC1)C1CCCC(C(F)(F)F)C1. The van der Waals surface area contributed by atoms with E-state index >= 15 is 0 Å². The van der Waals surface area contributed by atoms with Crippen molar-refractivity contribution in [1.82, 2.24) is 10.6 Å². The molecule has 3 nitrogen and oxygen atoms in total. The van der Waals surface area contributed by atoms with E-state index in [4.69, 9.17) is 0 Å². The third-order valence-electron chi connectivity index (χ3n) is 4.15. The predicted octanol–water partition coefficient (Wildman–Crippen LogP) is 2.22. The molecular weight excluding hydrogens is 257 g/mol. The second kappa shape index (κ2) is 6.11. The van der Waals surface area contributed by atoms with Gasteiger partial charge in [-0.25, -0.2) is 0 Å². The molecule has 0 aromatic heterocycles. The number of rotatable bonds is 2. The number of carbonyl (C=O) groups excluding carboxylic acids is 1. The van der Waals surface area contributed by atoms with Gasteiger partial charge in [0, 0.05) is 18.5 Å². The summed E-state index contributed by atoms with van der Waals surface area (Å²) in [7, 11) is 0. The van der Waals surface area contributed by atoms with Crippen LogP contribution < -0.4 is 10.6 Å². The zero-order valence-electron chi connectivity index (χ0n) is 10.9. The molecule has 110 valence electrons. The number of halogens is 3. The van der Waals surface area contributed by atoms with Crippen molar-refractivity contribution < 1.29 is 18.0 Å². The highest BCUT2D eigenvalue weighted by atomic mass is 19.4. The van der Waals surface area contributed by atoms with E-state index in [1.165, 1.54) is 0 Å². The molecule has 19 heavy (non-hydrogen) atoms. The van der Waals surface area contributed by atoms with E-state index < -0.39 is 18.0 Å². The first-order chi connectivity index (χ1) is 8.97. The first-order valence-electron chi connectivity index (χ1n) is 7.04. The Hall–Kier alpha value is -0.780. The molecule has 2 N–H and O–H groups in total. The summed E-state index contributed by atoms with van der Waals surface area (Å²) in [5.74, 6) is -1.97. The summed E-state index contributed by atoms with van der Waals surface area (Å²) in [5, 5.41) is 6.07. The third-order valence-corrected chi connectivity index (χ3v) is 4.15. The van der Waals surface area contributed by atoms with Crippen molar-refractivity contribution in [3.8, 4) is 0 Å². The fourth-order valence-corrected chi connectivity index (χ4v) is 3.02. The number of alkyl halides is 3. The van der Waals surface area contributed by atoms with Gasteiger partial charge in [0.2, 0.25) is 5.91 Å². The molecule has 1 saturated heterocycles. The van der Waals surface area contributed by atoms with Crippen LogP contribution in [0.5, 0.6) is 0 Å². The molecule has 1 amide bonds. The van der Waals surface area contributed by atoms with Gasteiger partial charge in [-0.3, -0.25) is 4.79 Å². The lowest BCUT2D eigenvalue weighted by molar-refractivity contribution is -0.186. The van der Waals surface area contributed by atoms with Gasteiger partial charge in [0.15, 0.2) is 0 Å². The standard InChI is InChI=1S/C13H21F3N2O/c14-13(15,16)10-4-1-3-9(7-10)12(19)18-11-5-2-6-17-8-11/h9-11,17H,1-8H2,(H,18,19). The van der Waals surface area contributed by atoms with Crippen molar-refractivity contribution in [2.75, 3.05) is 13.1 Å². The smallest absolute Gasteiger partial charge is 0.352 e. The van der Waals surface area contributed by atoms with Crippen molar-refractivity contribution in [3.05, 3.63) is 0 Å². The summed E-state index contributed by atoms with van der Waals surface area (Å²) >= 11 is 0. The van der Waals surface area contributed by atoms with Gasteiger partial charge < -0.3 is 10.6 Å². The predicted molar refractivity (Wildman–Crippen MR) is 65.5 cm³/mol. The lowest BCUT2D eigenvalue weighted by atomic mass is 9.80. The monoisotopic (exact) mass is 278 g/mol. The average Bonchev–Trinajstić information content (AvgIpc) is 2.39. The van der Waals surface area contributed by atoms with Crippen LogP contribution >= 0.6 is 0 Å². The molecule has 0 aromatic carbocycles. The van der Waals surface area contributed by atoms with Crippen molar-refractivity contribution in [2.45, 2.75) is 50.7 Å². The van der Waals surface area contributed by atoms with E-state index in [-0.39, 0.29) is 24.8 Å². The van der Waals surface area contributed by atoms with Gasteiger partial charge in [-0.15, -0.1) is 0 Å². The summed E-state index contributed by atoms with van der Waals surface area (Å²) in [4.78, 5) is 12.0. The first-order valence-corrected chi connectivity index (χ1v) is 7.04. The number of amides is 1. The van der Waals surface area contributed by atoms with Gasteiger partial charge >= 0.3 is 6.18 Å². The largest absolute Gasteiger partial charge is 0.391 e. The van der Waals surface area contributed by atoms with Crippen molar-refractivity contribution in [3.63, 3.8) is 0 Å². The Morgan fingerprint density at radius 3 is 2.58 bits per heavy atom. The number of piperidine rings is 1. The van der Waals surface area contributed by atoms with Crippen LogP contribution in [-0.2, 0) is 4.79 Å². The molecular formula is C13H21F3N2O. The number of hydrogen-bond acceptors (Lipinski definition) is 2. The Kier molecular flexibility index (Phi) is 4.71. The Morgan fingerprint density at radius 1 is 1.16 bits per heavy atom. The lowest BCUT2D eigenvalue weighted by Gasteiger charge is -2.31. The van der Waals surface area contributed by atoms with E-state index in [1.807, 2.05) is 0 Å². The summed E-state index contributed by atoms with van der Waals surface area (Å²) < 4.78 is 38.1. The van der Waals surface area contributed by atoms with Crippen LogP contribution in [0, 0.1) is 11.8 Å². The van der Waals surface area contributed by atoms with Gasteiger partial charge in [-0.05, 0) is 38.6 Å². The Balaban J connectivity index is 1.84. The third kappa shape index (κ3) is 4.09. The first kappa shape index (κ1) is 14.6. The lowest BCUT2D eigenvalue weighted by Crippen LogP contribution is -2.48. The topological polar surface area (TPSA) is 41.1 Å². The molecule has 3 atom stereocenters. The maximum Gasteiger partial charge on any atom is 0.391 e. The minimum Gasteiger partial charge on any atom is -0.352 e. The molecule has 0 aromatic rings.